The van der Waals surface area contributed by atoms with Crippen LogP contribution in [0.4, 0.5) is 0 Å². The van der Waals surface area contributed by atoms with Crippen molar-refractivity contribution in [2.45, 2.75) is 25.3 Å². The predicted molar refractivity (Wildman–Crippen MR) is 99.3 cm³/mol. The molecule has 0 bridgehead atoms. The lowest BCUT2D eigenvalue weighted by molar-refractivity contribution is -0.217. The number of benzene rings is 2. The second kappa shape index (κ2) is 8.39. The van der Waals surface area contributed by atoms with E-state index in [1.165, 1.54) is 6.07 Å². The van der Waals surface area contributed by atoms with E-state index in [0.29, 0.717) is 21.0 Å². The lowest BCUT2D eigenvalue weighted by Gasteiger charge is -2.37. The van der Waals surface area contributed by atoms with Gasteiger partial charge in [-0.1, -0.05) is 54.1 Å². The van der Waals surface area contributed by atoms with Crippen molar-refractivity contribution in [3.63, 3.8) is 0 Å². The number of carbonyl (C=O) groups excluding carboxylic acids is 1. The average molecular weight is 408 g/mol. The smallest absolute Gasteiger partial charge is 0.361 e. The summed E-state index contributed by atoms with van der Waals surface area (Å²) in [6.45, 7) is 0.458. The number of halogens is 1. The molecule has 2 aromatic rings. The molecule has 0 aliphatic carbocycles. The molecule has 0 radical (unpaired) electrons. The minimum Gasteiger partial charge on any atom is -0.479 e. The van der Waals surface area contributed by atoms with Gasteiger partial charge in [0.05, 0.1) is 0 Å². The van der Waals surface area contributed by atoms with Crippen LogP contribution in [0.3, 0.4) is 0 Å². The van der Waals surface area contributed by atoms with Crippen LogP contribution in [0.15, 0.2) is 48.5 Å². The van der Waals surface area contributed by atoms with Crippen molar-refractivity contribution in [2.75, 3.05) is 0 Å². The molecule has 28 heavy (non-hydrogen) atoms. The number of hydrogen-bond acceptors (Lipinski definition) is 5. The van der Waals surface area contributed by atoms with E-state index in [1.807, 2.05) is 30.3 Å². The molecule has 0 aromatic heterocycles. The fourth-order valence-electron chi connectivity index (χ4n) is 2.72. The zero-order valence-electron chi connectivity index (χ0n) is 14.7. The van der Waals surface area contributed by atoms with E-state index in [-0.39, 0.29) is 0 Å². The highest BCUT2D eigenvalue weighted by Gasteiger charge is 2.54. The summed E-state index contributed by atoms with van der Waals surface area (Å²) in [6.07, 6.45) is -2.76. The third-order valence-electron chi connectivity index (χ3n) is 4.18. The summed E-state index contributed by atoms with van der Waals surface area (Å²) in [6, 6.07) is 13.9. The number of aliphatic hydroxyl groups is 2. The summed E-state index contributed by atoms with van der Waals surface area (Å²) in [5, 5.41) is 38.6. The number of aliphatic carboxylic acids is 2. The first kappa shape index (κ1) is 21.4. The third-order valence-corrected chi connectivity index (χ3v) is 4.49. The van der Waals surface area contributed by atoms with Gasteiger partial charge >= 0.3 is 11.9 Å². The van der Waals surface area contributed by atoms with Crippen molar-refractivity contribution in [1.82, 2.24) is 4.90 Å². The Bertz CT molecular complexity index is 902. The van der Waals surface area contributed by atoms with Gasteiger partial charge in [0.15, 0.2) is 0 Å². The van der Waals surface area contributed by atoms with Gasteiger partial charge in [-0.15, -0.1) is 0 Å². The highest BCUT2D eigenvalue weighted by molar-refractivity contribution is 6.33. The van der Waals surface area contributed by atoms with Gasteiger partial charge in [0.1, 0.15) is 0 Å². The topological polar surface area (TPSA) is 135 Å². The summed E-state index contributed by atoms with van der Waals surface area (Å²) >= 11 is 6.29. The van der Waals surface area contributed by atoms with Crippen LogP contribution < -0.4 is 0 Å². The Balaban J connectivity index is 2.42. The van der Waals surface area contributed by atoms with Gasteiger partial charge in [0.25, 0.3) is 5.72 Å². The van der Waals surface area contributed by atoms with Crippen LogP contribution in [0, 0.1) is 0 Å². The van der Waals surface area contributed by atoms with Gasteiger partial charge in [-0.05, 0) is 17.2 Å². The summed E-state index contributed by atoms with van der Waals surface area (Å²) in [5.74, 6) is -5.02. The highest BCUT2D eigenvalue weighted by Crippen LogP contribution is 2.30. The standard InChI is InChI=1S/C19H18ClNO7/c1-11(22)21(19(28,18(26)27)16(23)17(24)25)10-12-7-8-14(15(20)9-12)13-5-3-2-4-6-13/h2-9,16,23,28H,10H2,1H3,(H,24,25)(H,26,27). The first-order valence-electron chi connectivity index (χ1n) is 8.07. The lowest BCUT2D eigenvalue weighted by Crippen LogP contribution is -2.65. The Labute approximate surface area is 165 Å². The molecule has 0 aliphatic rings. The predicted octanol–water partition coefficient (Wildman–Crippen LogP) is 1.57. The zero-order valence-corrected chi connectivity index (χ0v) is 15.5. The van der Waals surface area contributed by atoms with Crippen molar-refractivity contribution in [1.29, 1.82) is 0 Å². The maximum atomic E-state index is 12.0. The molecule has 0 heterocycles. The Kier molecular flexibility index (Phi) is 6.40. The number of carbonyl (C=O) groups is 3. The molecule has 0 saturated carbocycles. The minimum atomic E-state index is -3.36. The summed E-state index contributed by atoms with van der Waals surface area (Å²) in [5.41, 5.74) is -1.50. The molecule has 0 fully saturated rings. The van der Waals surface area contributed by atoms with Gasteiger partial charge in [0.2, 0.25) is 12.0 Å². The lowest BCUT2D eigenvalue weighted by atomic mass is 10.0. The molecular weight excluding hydrogens is 390 g/mol. The van der Waals surface area contributed by atoms with Crippen molar-refractivity contribution >= 4 is 29.4 Å². The number of carboxylic acids is 2. The molecule has 0 spiro atoms. The Morgan fingerprint density at radius 2 is 1.71 bits per heavy atom. The number of hydrogen-bond donors (Lipinski definition) is 4. The zero-order chi connectivity index (χ0) is 21.1. The number of rotatable bonds is 7. The van der Waals surface area contributed by atoms with Crippen LogP contribution in [-0.2, 0) is 20.9 Å². The maximum Gasteiger partial charge on any atom is 0.361 e. The van der Waals surface area contributed by atoms with Crippen molar-refractivity contribution in [3.05, 3.63) is 59.1 Å². The van der Waals surface area contributed by atoms with E-state index in [0.717, 1.165) is 12.5 Å². The largest absolute Gasteiger partial charge is 0.479 e. The molecule has 1 amide bonds. The van der Waals surface area contributed by atoms with Gasteiger partial charge < -0.3 is 20.4 Å². The van der Waals surface area contributed by atoms with E-state index >= 15 is 0 Å². The normalized spacial score (nSPS) is 14.0. The summed E-state index contributed by atoms with van der Waals surface area (Å²) < 4.78 is 0. The first-order valence-corrected chi connectivity index (χ1v) is 8.45. The first-order chi connectivity index (χ1) is 13.1. The molecule has 2 atom stereocenters. The number of nitrogens with zero attached hydrogens (tertiary/aromatic N) is 1. The van der Waals surface area contributed by atoms with Crippen molar-refractivity contribution in [2.24, 2.45) is 0 Å². The minimum absolute atomic E-state index is 0.310. The monoisotopic (exact) mass is 407 g/mol. The quantitative estimate of drug-likeness (QED) is 0.511. The summed E-state index contributed by atoms with van der Waals surface area (Å²) in [7, 11) is 0. The number of amides is 1. The molecule has 9 heteroatoms. The van der Waals surface area contributed by atoms with E-state index < -0.39 is 36.2 Å². The molecule has 148 valence electrons. The molecular formula is C19H18ClNO7. The van der Waals surface area contributed by atoms with Gasteiger partial charge in [-0.25, -0.2) is 9.59 Å². The van der Waals surface area contributed by atoms with Crippen LogP contribution >= 0.6 is 11.6 Å². The van der Waals surface area contributed by atoms with E-state index in [2.05, 4.69) is 0 Å². The van der Waals surface area contributed by atoms with Crippen LogP contribution in [0.5, 0.6) is 0 Å². The van der Waals surface area contributed by atoms with Crippen molar-refractivity contribution in [3.8, 4) is 11.1 Å². The van der Waals surface area contributed by atoms with Crippen molar-refractivity contribution < 1.29 is 34.8 Å². The molecule has 2 unspecified atom stereocenters. The fourth-order valence-corrected chi connectivity index (χ4v) is 3.03. The van der Waals surface area contributed by atoms with Crippen LogP contribution in [0.2, 0.25) is 5.02 Å². The van der Waals surface area contributed by atoms with Crippen LogP contribution in [0.25, 0.3) is 11.1 Å². The highest BCUT2D eigenvalue weighted by atomic mass is 35.5. The van der Waals surface area contributed by atoms with Gasteiger partial charge in [-0.2, -0.15) is 0 Å². The fraction of sp³-hybridized carbons (Fsp3) is 0.211. The number of carboxylic acid groups (broad SMARTS) is 2. The third kappa shape index (κ3) is 4.14. The number of aliphatic hydroxyl groups excluding tert-OH is 1. The SMILES string of the molecule is CC(=O)N(Cc1ccc(-c2ccccc2)c(Cl)c1)C(O)(C(=O)O)C(O)C(=O)O. The molecule has 4 N–H and O–H groups in total. The maximum absolute atomic E-state index is 12.0. The Hall–Kier alpha value is -2.94. The molecule has 2 rings (SSSR count). The molecule has 0 aliphatic heterocycles. The van der Waals surface area contributed by atoms with Crippen LogP contribution in [0.1, 0.15) is 12.5 Å². The van der Waals surface area contributed by atoms with Gasteiger partial charge in [-0.3, -0.25) is 9.69 Å². The average Bonchev–Trinajstić information content (AvgIpc) is 2.65. The molecule has 8 nitrogen and oxygen atoms in total. The van der Waals surface area contributed by atoms with Crippen LogP contribution in [-0.4, -0.2) is 55.0 Å². The Morgan fingerprint density at radius 3 is 2.18 bits per heavy atom. The van der Waals surface area contributed by atoms with E-state index in [4.69, 9.17) is 16.7 Å². The van der Waals surface area contributed by atoms with Gasteiger partial charge in [0, 0.05) is 24.1 Å². The molecule has 2 aromatic carbocycles. The second-order valence-corrected chi connectivity index (χ2v) is 6.46. The summed E-state index contributed by atoms with van der Waals surface area (Å²) in [4.78, 5) is 34.9. The Morgan fingerprint density at radius 1 is 1.11 bits per heavy atom. The second-order valence-electron chi connectivity index (χ2n) is 6.06. The van der Waals surface area contributed by atoms with E-state index in [1.54, 1.807) is 12.1 Å². The molecule has 0 saturated heterocycles. The van der Waals surface area contributed by atoms with E-state index in [9.17, 15) is 29.7 Å².